The van der Waals surface area contributed by atoms with Crippen molar-refractivity contribution in [2.45, 2.75) is 56.9 Å². The van der Waals surface area contributed by atoms with E-state index in [1.54, 1.807) is 10.3 Å². The van der Waals surface area contributed by atoms with Crippen molar-refractivity contribution < 1.29 is 19.5 Å². The lowest BCUT2D eigenvalue weighted by molar-refractivity contribution is -0.149. The molecule has 2 fully saturated rings. The van der Waals surface area contributed by atoms with Crippen molar-refractivity contribution in [1.82, 2.24) is 10.3 Å². The smallest absolute Gasteiger partial charge is 0.329 e. The van der Waals surface area contributed by atoms with Crippen LogP contribution in [0, 0.1) is 0 Å². The normalized spacial score (nSPS) is 20.2. The number of nitrogens with one attached hydrogen (secondary N) is 1. The first kappa shape index (κ1) is 16.9. The highest BCUT2D eigenvalue weighted by Gasteiger charge is 2.40. The Balaban J connectivity index is 1.63. The van der Waals surface area contributed by atoms with Gasteiger partial charge in [-0.1, -0.05) is 19.3 Å². The summed E-state index contributed by atoms with van der Waals surface area (Å²) in [5, 5.41) is 14.6. The third kappa shape index (κ3) is 3.43. The molecule has 2 aliphatic rings. The Labute approximate surface area is 144 Å². The number of anilines is 1. The van der Waals surface area contributed by atoms with Gasteiger partial charge in [0.15, 0.2) is 5.13 Å². The van der Waals surface area contributed by atoms with Crippen LogP contribution in [0.1, 0.15) is 50.6 Å². The van der Waals surface area contributed by atoms with Crippen molar-refractivity contribution in [2.75, 3.05) is 11.4 Å². The van der Waals surface area contributed by atoms with Crippen molar-refractivity contribution in [1.29, 1.82) is 0 Å². The fraction of sp³-hybridized carbons (Fsp3) is 0.625. The summed E-state index contributed by atoms with van der Waals surface area (Å²) in [5.41, 5.74) is -0.567. The number of carboxylic acid groups (broad SMARTS) is 1. The Morgan fingerprint density at radius 2 is 2.04 bits per heavy atom. The van der Waals surface area contributed by atoms with Crippen LogP contribution in [0.5, 0.6) is 0 Å². The second-order valence-corrected chi connectivity index (χ2v) is 7.28. The molecule has 0 spiro atoms. The molecule has 0 bridgehead atoms. The zero-order valence-electron chi connectivity index (χ0n) is 13.4. The van der Waals surface area contributed by atoms with Gasteiger partial charge in [0.2, 0.25) is 11.8 Å². The van der Waals surface area contributed by atoms with E-state index in [0.29, 0.717) is 36.6 Å². The van der Waals surface area contributed by atoms with E-state index in [-0.39, 0.29) is 18.2 Å². The minimum atomic E-state index is -1.14. The van der Waals surface area contributed by atoms with E-state index in [0.717, 1.165) is 25.7 Å². The molecule has 24 heavy (non-hydrogen) atoms. The van der Waals surface area contributed by atoms with Gasteiger partial charge in [-0.05, 0) is 19.3 Å². The third-order valence-corrected chi connectivity index (χ3v) is 5.59. The van der Waals surface area contributed by atoms with Gasteiger partial charge in [-0.2, -0.15) is 0 Å². The van der Waals surface area contributed by atoms with Gasteiger partial charge in [0.05, 0.1) is 12.1 Å². The van der Waals surface area contributed by atoms with Gasteiger partial charge in [-0.3, -0.25) is 14.5 Å². The van der Waals surface area contributed by atoms with E-state index >= 15 is 0 Å². The van der Waals surface area contributed by atoms with Crippen LogP contribution in [0.2, 0.25) is 0 Å². The van der Waals surface area contributed by atoms with Crippen LogP contribution < -0.4 is 10.2 Å². The number of thiazole rings is 1. The number of nitrogens with zero attached hydrogens (tertiary/aromatic N) is 2. The average molecular weight is 351 g/mol. The van der Waals surface area contributed by atoms with E-state index in [2.05, 4.69) is 10.3 Å². The predicted octanol–water partition coefficient (Wildman–Crippen LogP) is 1.72. The van der Waals surface area contributed by atoms with E-state index in [9.17, 15) is 19.5 Å². The summed E-state index contributed by atoms with van der Waals surface area (Å²) in [6.45, 7) is 0.667. The number of carbonyl (C=O) groups is 3. The zero-order valence-corrected chi connectivity index (χ0v) is 14.2. The first-order valence-electron chi connectivity index (χ1n) is 8.29. The largest absolute Gasteiger partial charge is 0.480 e. The molecule has 0 radical (unpaired) electrons. The maximum absolute atomic E-state index is 12.3. The van der Waals surface area contributed by atoms with Crippen LogP contribution in [0.15, 0.2) is 5.38 Å². The van der Waals surface area contributed by atoms with E-state index in [4.69, 9.17) is 0 Å². The first-order chi connectivity index (χ1) is 11.5. The van der Waals surface area contributed by atoms with Crippen LogP contribution in [0.4, 0.5) is 5.13 Å². The predicted molar refractivity (Wildman–Crippen MR) is 89.0 cm³/mol. The molecule has 0 unspecified atom stereocenters. The van der Waals surface area contributed by atoms with Crippen LogP contribution in [-0.2, 0) is 20.8 Å². The highest BCUT2D eigenvalue weighted by Crippen LogP contribution is 2.29. The second kappa shape index (κ2) is 6.88. The molecule has 1 aliphatic carbocycles. The molecule has 2 amide bonds. The molecule has 1 aromatic rings. The standard InChI is InChI=1S/C16H21N3O4S/c20-12(18-16(14(22)23)6-2-1-3-7-16)9-11-10-24-15(17-11)19-8-4-5-13(19)21/h10H,1-9H2,(H,18,20)(H,22,23). The van der Waals surface area contributed by atoms with Crippen molar-refractivity contribution in [2.24, 2.45) is 0 Å². The van der Waals surface area contributed by atoms with Gasteiger partial charge in [0.1, 0.15) is 5.54 Å². The summed E-state index contributed by atoms with van der Waals surface area (Å²) in [4.78, 5) is 41.6. The van der Waals surface area contributed by atoms with Gasteiger partial charge in [0.25, 0.3) is 0 Å². The van der Waals surface area contributed by atoms with Crippen molar-refractivity contribution in [3.63, 3.8) is 0 Å². The molecule has 1 saturated carbocycles. The lowest BCUT2D eigenvalue weighted by Gasteiger charge is -2.33. The van der Waals surface area contributed by atoms with Gasteiger partial charge < -0.3 is 10.4 Å². The fourth-order valence-corrected chi connectivity index (χ4v) is 4.24. The van der Waals surface area contributed by atoms with Crippen molar-refractivity contribution >= 4 is 34.3 Å². The van der Waals surface area contributed by atoms with Crippen LogP contribution in [0.3, 0.4) is 0 Å². The van der Waals surface area contributed by atoms with Gasteiger partial charge >= 0.3 is 5.97 Å². The van der Waals surface area contributed by atoms with E-state index in [1.807, 2.05) is 0 Å². The van der Waals surface area contributed by atoms with Crippen molar-refractivity contribution in [3.05, 3.63) is 11.1 Å². The highest BCUT2D eigenvalue weighted by molar-refractivity contribution is 7.14. The molecular formula is C16H21N3O4S. The summed E-state index contributed by atoms with van der Waals surface area (Å²) < 4.78 is 0. The molecule has 1 aliphatic heterocycles. The Morgan fingerprint density at radius 3 is 2.67 bits per heavy atom. The molecule has 0 atom stereocenters. The van der Waals surface area contributed by atoms with Gasteiger partial charge in [0, 0.05) is 18.3 Å². The number of carboxylic acids is 1. The highest BCUT2D eigenvalue weighted by atomic mass is 32.1. The van der Waals surface area contributed by atoms with E-state index < -0.39 is 11.5 Å². The fourth-order valence-electron chi connectivity index (χ4n) is 3.38. The monoisotopic (exact) mass is 351 g/mol. The molecule has 8 heteroatoms. The molecule has 2 heterocycles. The summed E-state index contributed by atoms with van der Waals surface area (Å²) in [5.74, 6) is -1.23. The third-order valence-electron chi connectivity index (χ3n) is 4.68. The Bertz CT molecular complexity index is 652. The zero-order chi connectivity index (χ0) is 17.2. The second-order valence-electron chi connectivity index (χ2n) is 6.44. The molecule has 1 aromatic heterocycles. The van der Waals surface area contributed by atoms with E-state index in [1.165, 1.54) is 11.3 Å². The molecule has 0 aromatic carbocycles. The molecule has 7 nitrogen and oxygen atoms in total. The summed E-state index contributed by atoms with van der Waals surface area (Å²) in [6.07, 6.45) is 4.97. The molecular weight excluding hydrogens is 330 g/mol. The van der Waals surface area contributed by atoms with Crippen molar-refractivity contribution in [3.8, 4) is 0 Å². The Kier molecular flexibility index (Phi) is 4.84. The number of rotatable bonds is 5. The lowest BCUT2D eigenvalue weighted by Crippen LogP contribution is -2.56. The molecule has 1 saturated heterocycles. The quantitative estimate of drug-likeness (QED) is 0.841. The molecule has 2 N–H and O–H groups in total. The number of amides is 2. The van der Waals surface area contributed by atoms with Gasteiger partial charge in [-0.25, -0.2) is 9.78 Å². The lowest BCUT2D eigenvalue weighted by atomic mass is 9.81. The maximum Gasteiger partial charge on any atom is 0.329 e. The topological polar surface area (TPSA) is 99.6 Å². The average Bonchev–Trinajstić information content (AvgIpc) is 3.16. The minimum absolute atomic E-state index is 0.0353. The first-order valence-corrected chi connectivity index (χ1v) is 9.17. The number of carbonyl (C=O) groups excluding carboxylic acids is 2. The van der Waals surface area contributed by atoms with Gasteiger partial charge in [-0.15, -0.1) is 11.3 Å². The summed E-state index contributed by atoms with van der Waals surface area (Å²) in [7, 11) is 0. The van der Waals surface area contributed by atoms with Crippen LogP contribution >= 0.6 is 11.3 Å². The number of aromatic nitrogens is 1. The summed E-state index contributed by atoms with van der Waals surface area (Å²) >= 11 is 1.34. The molecule has 130 valence electrons. The molecule has 3 rings (SSSR count). The Hall–Kier alpha value is -1.96. The maximum atomic E-state index is 12.3. The summed E-state index contributed by atoms with van der Waals surface area (Å²) in [6, 6.07) is 0. The number of hydrogen-bond donors (Lipinski definition) is 2. The van der Waals surface area contributed by atoms with Crippen LogP contribution in [0.25, 0.3) is 0 Å². The Morgan fingerprint density at radius 1 is 1.29 bits per heavy atom. The minimum Gasteiger partial charge on any atom is -0.480 e. The van der Waals surface area contributed by atoms with Crippen LogP contribution in [-0.4, -0.2) is 40.0 Å². The number of hydrogen-bond acceptors (Lipinski definition) is 5. The SMILES string of the molecule is O=C(Cc1csc(N2CCCC2=O)n1)NC1(C(=O)O)CCCCC1. The number of aliphatic carboxylic acids is 1.